The summed E-state index contributed by atoms with van der Waals surface area (Å²) < 4.78 is 10.3. The lowest BCUT2D eigenvalue weighted by Crippen LogP contribution is -2.41. The largest absolute Gasteiger partial charge is 0.494 e. The van der Waals surface area contributed by atoms with Crippen molar-refractivity contribution in [1.82, 2.24) is 24.0 Å². The zero-order valence-corrected chi connectivity index (χ0v) is 25.8. The Morgan fingerprint density at radius 1 is 1.07 bits per heavy atom. The van der Waals surface area contributed by atoms with Crippen LogP contribution in [0.25, 0.3) is 44.6 Å². The summed E-state index contributed by atoms with van der Waals surface area (Å²) in [5.41, 5.74) is 12.8. The van der Waals surface area contributed by atoms with Gasteiger partial charge in [-0.1, -0.05) is 18.2 Å². The summed E-state index contributed by atoms with van der Waals surface area (Å²) in [7, 11) is 3.66. The van der Waals surface area contributed by atoms with E-state index in [9.17, 15) is 9.59 Å². The Kier molecular flexibility index (Phi) is 6.46. The molecule has 1 aliphatic heterocycles. The SMILES string of the molecule is COc1cc(C(=O)N2C[C@H]3CC[C@@H]2[C@@H]3N)cc2nc(-c3cc4cccc(-c5ccc(NC(C)=O)nc5)c4n3CC3CC3)n(C)c12. The highest BCUT2D eigenvalue weighted by atomic mass is 16.5. The number of aryl methyl sites for hydroxylation is 1. The van der Waals surface area contributed by atoms with Gasteiger partial charge in [-0.3, -0.25) is 9.59 Å². The Labute approximate surface area is 261 Å². The normalized spacial score (nSPS) is 20.8. The molecule has 2 aliphatic carbocycles. The Hall–Kier alpha value is -4.70. The quantitative estimate of drug-likeness (QED) is 0.264. The number of imidazole rings is 1. The number of likely N-dealkylation sites (tertiary alicyclic amines) is 1. The van der Waals surface area contributed by atoms with Crippen molar-refractivity contribution in [1.29, 1.82) is 0 Å². The highest BCUT2D eigenvalue weighted by Crippen LogP contribution is 2.41. The molecular formula is C35H37N7O3. The third-order valence-electron chi connectivity index (χ3n) is 9.98. The average Bonchev–Trinajstić information content (AvgIpc) is 3.42. The highest BCUT2D eigenvalue weighted by molar-refractivity contribution is 6.01. The van der Waals surface area contributed by atoms with Crippen LogP contribution in [0.3, 0.4) is 0 Å². The first-order valence-electron chi connectivity index (χ1n) is 15.8. The summed E-state index contributed by atoms with van der Waals surface area (Å²) in [6, 6.07) is 16.3. The number of fused-ring (bicyclic) bond motifs is 4. The minimum absolute atomic E-state index is 0.00401. The number of ether oxygens (including phenoxy) is 1. The third-order valence-corrected chi connectivity index (χ3v) is 9.98. The van der Waals surface area contributed by atoms with Gasteiger partial charge in [0.05, 0.1) is 23.8 Å². The molecule has 0 spiro atoms. The fraction of sp³-hybridized carbons (Fsp3) is 0.371. The molecule has 3 N–H and O–H groups in total. The molecule has 3 atom stereocenters. The third kappa shape index (κ3) is 4.58. The Bertz CT molecular complexity index is 1990. The van der Waals surface area contributed by atoms with Crippen LogP contribution in [-0.2, 0) is 18.4 Å². The number of carbonyl (C=O) groups excluding carboxylic acids is 2. The molecule has 3 aromatic heterocycles. The van der Waals surface area contributed by atoms with Gasteiger partial charge in [-0.05, 0) is 67.9 Å². The van der Waals surface area contributed by atoms with Gasteiger partial charge in [-0.15, -0.1) is 0 Å². The number of para-hydroxylation sites is 1. The number of methoxy groups -OCH3 is 1. The minimum atomic E-state index is -0.150. The maximum Gasteiger partial charge on any atom is 0.254 e. The standard InChI is InChI=1S/C35H37N7O3/c1-19(43)38-30-12-10-22(16-37-30)25-6-4-5-21-14-28(41(32(21)25)17-20-7-8-20)34-39-26-13-24(15-29(45-3)33(26)40(34)2)35(44)42-18-23-9-11-27(42)31(23)36/h4-6,10,12-16,20,23,27,31H,7-9,11,17-18,36H2,1-3H3,(H,37,38,43)/t23-,27-,31-/m1/s1. The molecule has 2 saturated carbocycles. The van der Waals surface area contributed by atoms with Crippen molar-refractivity contribution in [3.8, 4) is 28.4 Å². The van der Waals surface area contributed by atoms with Crippen molar-refractivity contribution < 1.29 is 14.3 Å². The Morgan fingerprint density at radius 3 is 2.58 bits per heavy atom. The van der Waals surface area contributed by atoms with Crippen LogP contribution in [0, 0.1) is 11.8 Å². The van der Waals surface area contributed by atoms with E-state index in [1.807, 2.05) is 42.4 Å². The number of hydrogen-bond acceptors (Lipinski definition) is 6. The lowest BCUT2D eigenvalue weighted by Gasteiger charge is -2.27. The van der Waals surface area contributed by atoms with Crippen LogP contribution >= 0.6 is 0 Å². The number of aromatic nitrogens is 4. The number of nitrogens with two attached hydrogens (primary N) is 1. The van der Waals surface area contributed by atoms with Crippen molar-refractivity contribution in [2.45, 2.75) is 51.2 Å². The molecule has 3 aliphatic rings. The van der Waals surface area contributed by atoms with E-state index in [4.69, 9.17) is 15.5 Å². The smallest absolute Gasteiger partial charge is 0.254 e. The van der Waals surface area contributed by atoms with E-state index < -0.39 is 0 Å². The predicted octanol–water partition coefficient (Wildman–Crippen LogP) is 5.20. The van der Waals surface area contributed by atoms with Gasteiger partial charge in [0.25, 0.3) is 5.91 Å². The summed E-state index contributed by atoms with van der Waals surface area (Å²) in [4.78, 5) is 36.9. The summed E-state index contributed by atoms with van der Waals surface area (Å²) in [5, 5.41) is 3.87. The maximum atomic E-state index is 13.8. The topological polar surface area (TPSA) is 120 Å². The van der Waals surface area contributed by atoms with E-state index in [1.165, 1.54) is 19.8 Å². The van der Waals surface area contributed by atoms with Gasteiger partial charge in [-0.25, -0.2) is 9.97 Å². The Balaban J connectivity index is 1.24. The molecule has 3 fully saturated rings. The van der Waals surface area contributed by atoms with Crippen LogP contribution in [0.5, 0.6) is 5.75 Å². The van der Waals surface area contributed by atoms with Crippen LogP contribution in [0.2, 0.25) is 0 Å². The molecule has 10 heteroatoms. The van der Waals surface area contributed by atoms with Gasteiger partial charge in [0.1, 0.15) is 17.1 Å². The zero-order chi connectivity index (χ0) is 31.0. The molecule has 8 rings (SSSR count). The van der Waals surface area contributed by atoms with Crippen molar-refractivity contribution >= 4 is 39.6 Å². The summed E-state index contributed by atoms with van der Waals surface area (Å²) in [5.74, 6) is 2.81. The summed E-state index contributed by atoms with van der Waals surface area (Å²) in [6.07, 6.45) is 6.28. The highest BCUT2D eigenvalue weighted by Gasteiger charge is 2.47. The molecular weight excluding hydrogens is 566 g/mol. The average molecular weight is 604 g/mol. The van der Waals surface area contributed by atoms with Gasteiger partial charge in [0.2, 0.25) is 5.91 Å². The molecule has 0 unspecified atom stereocenters. The number of nitrogens with one attached hydrogen (secondary N) is 1. The van der Waals surface area contributed by atoms with E-state index >= 15 is 0 Å². The van der Waals surface area contributed by atoms with Gasteiger partial charge >= 0.3 is 0 Å². The first-order chi connectivity index (χ1) is 21.8. The second-order valence-corrected chi connectivity index (χ2v) is 12.9. The summed E-state index contributed by atoms with van der Waals surface area (Å²) >= 11 is 0. The van der Waals surface area contributed by atoms with Gasteiger partial charge in [0.15, 0.2) is 5.82 Å². The van der Waals surface area contributed by atoms with Crippen LogP contribution < -0.4 is 15.8 Å². The van der Waals surface area contributed by atoms with E-state index in [-0.39, 0.29) is 23.9 Å². The van der Waals surface area contributed by atoms with E-state index in [1.54, 1.807) is 7.11 Å². The zero-order valence-electron chi connectivity index (χ0n) is 25.8. The molecule has 230 valence electrons. The van der Waals surface area contributed by atoms with Crippen molar-refractivity contribution in [2.75, 3.05) is 19.0 Å². The molecule has 4 heterocycles. The number of anilines is 1. The predicted molar refractivity (Wildman–Crippen MR) is 174 cm³/mol. The number of carbonyl (C=O) groups is 2. The molecule has 1 saturated heterocycles. The van der Waals surface area contributed by atoms with E-state index in [0.29, 0.717) is 35.5 Å². The van der Waals surface area contributed by atoms with Crippen molar-refractivity contribution in [3.05, 3.63) is 60.3 Å². The number of rotatable bonds is 7. The van der Waals surface area contributed by atoms with Crippen molar-refractivity contribution in [2.24, 2.45) is 24.6 Å². The number of hydrogen-bond donors (Lipinski definition) is 2. The fourth-order valence-corrected chi connectivity index (χ4v) is 7.57. The van der Waals surface area contributed by atoms with Crippen LogP contribution in [0.1, 0.15) is 43.0 Å². The maximum absolute atomic E-state index is 13.8. The first-order valence-corrected chi connectivity index (χ1v) is 15.8. The van der Waals surface area contributed by atoms with Gasteiger partial charge in [-0.2, -0.15) is 0 Å². The van der Waals surface area contributed by atoms with E-state index in [0.717, 1.165) is 64.0 Å². The van der Waals surface area contributed by atoms with Crippen molar-refractivity contribution in [3.63, 3.8) is 0 Å². The number of benzene rings is 2. The second kappa shape index (κ2) is 10.4. The van der Waals surface area contributed by atoms with Crippen LogP contribution in [0.15, 0.2) is 54.7 Å². The fourth-order valence-electron chi connectivity index (χ4n) is 7.57. The summed E-state index contributed by atoms with van der Waals surface area (Å²) in [6.45, 7) is 3.08. The molecule has 2 amide bonds. The number of amides is 2. The monoisotopic (exact) mass is 603 g/mol. The van der Waals surface area contributed by atoms with Gasteiger partial charge in [0, 0.05) is 67.4 Å². The lowest BCUT2D eigenvalue weighted by atomic mass is 10.0. The molecule has 5 aromatic rings. The van der Waals surface area contributed by atoms with Gasteiger partial charge < -0.3 is 29.8 Å². The molecule has 45 heavy (non-hydrogen) atoms. The lowest BCUT2D eigenvalue weighted by molar-refractivity contribution is -0.114. The van der Waals surface area contributed by atoms with Crippen LogP contribution in [0.4, 0.5) is 5.82 Å². The van der Waals surface area contributed by atoms with Crippen LogP contribution in [-0.4, -0.2) is 61.6 Å². The Morgan fingerprint density at radius 2 is 1.91 bits per heavy atom. The molecule has 0 radical (unpaired) electrons. The number of piperidine rings is 1. The first kappa shape index (κ1) is 27.8. The molecule has 2 aromatic carbocycles. The minimum Gasteiger partial charge on any atom is -0.494 e. The van der Waals surface area contributed by atoms with E-state index in [2.05, 4.69) is 43.7 Å². The number of pyridine rings is 1. The molecule has 2 bridgehead atoms. The second-order valence-electron chi connectivity index (χ2n) is 12.9. The number of nitrogens with zero attached hydrogens (tertiary/aromatic N) is 5. The molecule has 10 nitrogen and oxygen atoms in total.